The van der Waals surface area contributed by atoms with Crippen molar-refractivity contribution in [2.45, 2.75) is 50.9 Å². The standard InChI is InChI=1S/C25H29N3S/c1-3-9-20(10-4-1)18-27-15-7-13-23(27)24-14-8-16-28(24)19-22-17-26-25(29-22)21-11-5-2-6-12-21/h1-6,9-12,17,23-24H,7-8,13-16,18-19H2/t23-,24+/m0/s1. The number of hydrogen-bond donors (Lipinski definition) is 0. The van der Waals surface area contributed by atoms with Crippen LogP contribution in [0.15, 0.2) is 66.9 Å². The van der Waals surface area contributed by atoms with Crippen LogP contribution in [0.2, 0.25) is 0 Å². The molecule has 5 rings (SSSR count). The normalized spacial score (nSPS) is 23.0. The van der Waals surface area contributed by atoms with Crippen molar-refractivity contribution >= 4 is 11.3 Å². The quantitative estimate of drug-likeness (QED) is 0.546. The number of thiazole rings is 1. The fourth-order valence-electron chi connectivity index (χ4n) is 5.08. The predicted octanol–water partition coefficient (Wildman–Crippen LogP) is 5.44. The van der Waals surface area contributed by atoms with Gasteiger partial charge >= 0.3 is 0 Å². The zero-order valence-electron chi connectivity index (χ0n) is 16.9. The molecule has 0 spiro atoms. The molecule has 0 aliphatic carbocycles. The monoisotopic (exact) mass is 403 g/mol. The summed E-state index contributed by atoms with van der Waals surface area (Å²) in [7, 11) is 0. The molecule has 2 aliphatic rings. The second kappa shape index (κ2) is 8.78. The number of rotatable bonds is 6. The Hall–Kier alpha value is -2.01. The summed E-state index contributed by atoms with van der Waals surface area (Å²) in [5.74, 6) is 0. The van der Waals surface area contributed by atoms with Crippen molar-refractivity contribution < 1.29 is 0 Å². The van der Waals surface area contributed by atoms with E-state index in [1.54, 1.807) is 0 Å². The van der Waals surface area contributed by atoms with Gasteiger partial charge in [0.05, 0.1) is 0 Å². The van der Waals surface area contributed by atoms with E-state index >= 15 is 0 Å². The van der Waals surface area contributed by atoms with Gasteiger partial charge in [0.25, 0.3) is 0 Å². The maximum Gasteiger partial charge on any atom is 0.123 e. The van der Waals surface area contributed by atoms with Crippen LogP contribution in [-0.2, 0) is 13.1 Å². The molecule has 0 amide bonds. The number of likely N-dealkylation sites (tertiary alicyclic amines) is 2. The number of benzene rings is 2. The van der Waals surface area contributed by atoms with E-state index in [9.17, 15) is 0 Å². The van der Waals surface area contributed by atoms with Gasteiger partial charge < -0.3 is 0 Å². The Kier molecular flexibility index (Phi) is 5.75. The van der Waals surface area contributed by atoms with Crippen molar-refractivity contribution in [2.75, 3.05) is 13.1 Å². The van der Waals surface area contributed by atoms with Crippen LogP contribution in [-0.4, -0.2) is 40.0 Å². The van der Waals surface area contributed by atoms with Gasteiger partial charge in [-0.05, 0) is 44.3 Å². The first-order chi connectivity index (χ1) is 14.4. The Labute approximate surface area is 178 Å². The van der Waals surface area contributed by atoms with Gasteiger partial charge in [0.1, 0.15) is 5.01 Å². The lowest BCUT2D eigenvalue weighted by molar-refractivity contribution is 0.125. The molecule has 4 heteroatoms. The van der Waals surface area contributed by atoms with Gasteiger partial charge in [0.2, 0.25) is 0 Å². The molecule has 2 fully saturated rings. The van der Waals surface area contributed by atoms with Gasteiger partial charge in [-0.2, -0.15) is 0 Å². The number of hydrogen-bond acceptors (Lipinski definition) is 4. The van der Waals surface area contributed by atoms with E-state index in [0.29, 0.717) is 12.1 Å². The molecule has 1 aromatic heterocycles. The third-order valence-corrected chi connectivity index (χ3v) is 7.47. The van der Waals surface area contributed by atoms with E-state index < -0.39 is 0 Å². The molecule has 2 aromatic carbocycles. The van der Waals surface area contributed by atoms with Crippen LogP contribution in [0.5, 0.6) is 0 Å². The second-order valence-electron chi connectivity index (χ2n) is 8.34. The Morgan fingerprint density at radius 3 is 2.10 bits per heavy atom. The smallest absolute Gasteiger partial charge is 0.123 e. The summed E-state index contributed by atoms with van der Waals surface area (Å²) in [4.78, 5) is 11.6. The van der Waals surface area contributed by atoms with E-state index in [4.69, 9.17) is 4.98 Å². The zero-order chi connectivity index (χ0) is 19.5. The summed E-state index contributed by atoms with van der Waals surface area (Å²) in [6.07, 6.45) is 7.43. The number of nitrogens with zero attached hydrogens (tertiary/aromatic N) is 3. The zero-order valence-corrected chi connectivity index (χ0v) is 17.7. The van der Waals surface area contributed by atoms with Crippen molar-refractivity contribution in [1.82, 2.24) is 14.8 Å². The lowest BCUT2D eigenvalue weighted by Crippen LogP contribution is -2.45. The molecule has 2 atom stereocenters. The highest BCUT2D eigenvalue weighted by molar-refractivity contribution is 7.15. The Morgan fingerprint density at radius 2 is 1.41 bits per heavy atom. The van der Waals surface area contributed by atoms with Gasteiger partial charge in [-0.1, -0.05) is 60.7 Å². The van der Waals surface area contributed by atoms with Crippen molar-refractivity contribution in [3.05, 3.63) is 77.3 Å². The average molecular weight is 404 g/mol. The van der Waals surface area contributed by atoms with E-state index in [0.717, 1.165) is 18.1 Å². The molecule has 3 aromatic rings. The highest BCUT2D eigenvalue weighted by Crippen LogP contribution is 2.33. The van der Waals surface area contributed by atoms with Crippen LogP contribution in [0.25, 0.3) is 10.6 Å². The molecule has 2 saturated heterocycles. The SMILES string of the molecule is c1ccc(CN2CCC[C@H]2[C@H]2CCCN2Cc2cnc(-c3ccccc3)s2)cc1. The van der Waals surface area contributed by atoms with Crippen molar-refractivity contribution in [1.29, 1.82) is 0 Å². The van der Waals surface area contributed by atoms with E-state index in [1.807, 2.05) is 11.3 Å². The molecular weight excluding hydrogens is 374 g/mol. The Morgan fingerprint density at radius 1 is 0.793 bits per heavy atom. The minimum atomic E-state index is 0.684. The molecule has 3 heterocycles. The summed E-state index contributed by atoms with van der Waals surface area (Å²) in [6, 6.07) is 22.9. The van der Waals surface area contributed by atoms with Crippen LogP contribution in [0.3, 0.4) is 0 Å². The highest BCUT2D eigenvalue weighted by atomic mass is 32.1. The molecular formula is C25H29N3S. The molecule has 0 radical (unpaired) electrons. The van der Waals surface area contributed by atoms with Gasteiger partial charge in [-0.25, -0.2) is 4.98 Å². The molecule has 0 saturated carbocycles. The summed E-state index contributed by atoms with van der Waals surface area (Å²) in [5, 5.41) is 1.14. The Bertz CT molecular complexity index is 908. The van der Waals surface area contributed by atoms with Crippen LogP contribution in [0, 0.1) is 0 Å². The van der Waals surface area contributed by atoms with Gasteiger partial charge in [-0.3, -0.25) is 9.80 Å². The summed E-state index contributed by atoms with van der Waals surface area (Å²) in [6.45, 7) is 4.60. The maximum absolute atomic E-state index is 4.70. The summed E-state index contributed by atoms with van der Waals surface area (Å²) in [5.41, 5.74) is 2.67. The molecule has 3 nitrogen and oxygen atoms in total. The van der Waals surface area contributed by atoms with Gasteiger partial charge in [0, 0.05) is 41.8 Å². The minimum absolute atomic E-state index is 0.684. The van der Waals surface area contributed by atoms with Crippen molar-refractivity contribution in [3.8, 4) is 10.6 Å². The molecule has 0 unspecified atom stereocenters. The predicted molar refractivity (Wildman–Crippen MR) is 121 cm³/mol. The van der Waals surface area contributed by atoms with Crippen LogP contribution >= 0.6 is 11.3 Å². The summed E-state index contributed by atoms with van der Waals surface area (Å²) < 4.78 is 0. The number of aromatic nitrogens is 1. The molecule has 150 valence electrons. The highest BCUT2D eigenvalue weighted by Gasteiger charge is 2.37. The lowest BCUT2D eigenvalue weighted by Gasteiger charge is -2.35. The topological polar surface area (TPSA) is 19.4 Å². The molecule has 0 N–H and O–H groups in total. The van der Waals surface area contributed by atoms with E-state index in [1.165, 1.54) is 54.8 Å². The fourth-order valence-corrected chi connectivity index (χ4v) is 6.02. The van der Waals surface area contributed by atoms with Crippen LogP contribution in [0.1, 0.15) is 36.1 Å². The minimum Gasteiger partial charge on any atom is -0.295 e. The van der Waals surface area contributed by atoms with Crippen molar-refractivity contribution in [3.63, 3.8) is 0 Å². The van der Waals surface area contributed by atoms with Crippen molar-refractivity contribution in [2.24, 2.45) is 0 Å². The van der Waals surface area contributed by atoms with E-state index in [-0.39, 0.29) is 0 Å². The molecule has 2 aliphatic heterocycles. The van der Waals surface area contributed by atoms with E-state index in [2.05, 4.69) is 76.7 Å². The molecule has 29 heavy (non-hydrogen) atoms. The van der Waals surface area contributed by atoms with Crippen LogP contribution < -0.4 is 0 Å². The Balaban J connectivity index is 1.27. The van der Waals surface area contributed by atoms with Gasteiger partial charge in [-0.15, -0.1) is 11.3 Å². The molecule has 0 bridgehead atoms. The van der Waals surface area contributed by atoms with Crippen LogP contribution in [0.4, 0.5) is 0 Å². The first-order valence-corrected chi connectivity index (χ1v) is 11.7. The fraction of sp³-hybridized carbons (Fsp3) is 0.400. The average Bonchev–Trinajstić information content (AvgIpc) is 3.51. The second-order valence-corrected chi connectivity index (χ2v) is 9.46. The maximum atomic E-state index is 4.70. The first kappa shape index (κ1) is 19.0. The third-order valence-electron chi connectivity index (χ3n) is 6.43. The largest absolute Gasteiger partial charge is 0.295 e. The summed E-state index contributed by atoms with van der Waals surface area (Å²) >= 11 is 1.85. The first-order valence-electron chi connectivity index (χ1n) is 10.9. The third kappa shape index (κ3) is 4.30. The van der Waals surface area contributed by atoms with Gasteiger partial charge in [0.15, 0.2) is 0 Å². The lowest BCUT2D eigenvalue weighted by atomic mass is 10.0.